The number of carbonyl (C=O) groups excluding carboxylic acids is 1. The molecule has 0 aromatic heterocycles. The van der Waals surface area contributed by atoms with Crippen LogP contribution < -0.4 is 5.32 Å². The normalized spacial score (nSPS) is 20.9. The molecule has 1 N–H and O–H groups in total. The number of hydrogen-bond donors (Lipinski definition) is 1. The lowest BCUT2D eigenvalue weighted by Crippen LogP contribution is -2.47. The van der Waals surface area contributed by atoms with Gasteiger partial charge in [0, 0.05) is 6.04 Å². The molecule has 0 aromatic rings. The molecule has 106 valence electrons. The Hall–Kier alpha value is -0.570. The lowest BCUT2D eigenvalue weighted by molar-refractivity contribution is -0.126. The van der Waals surface area contributed by atoms with Crippen molar-refractivity contribution in [1.29, 1.82) is 0 Å². The van der Waals surface area contributed by atoms with Crippen LogP contribution in [0.1, 0.15) is 59.8 Å². The van der Waals surface area contributed by atoms with Gasteiger partial charge >= 0.3 is 0 Å². The first-order valence-electron chi connectivity index (χ1n) is 7.62. The quantitative estimate of drug-likeness (QED) is 0.757. The summed E-state index contributed by atoms with van der Waals surface area (Å²) >= 11 is 0. The summed E-state index contributed by atoms with van der Waals surface area (Å²) in [6.45, 7) is 10.9. The molecule has 1 aliphatic heterocycles. The van der Waals surface area contributed by atoms with Gasteiger partial charge in [-0.05, 0) is 51.1 Å². The molecule has 1 atom stereocenters. The molecule has 1 fully saturated rings. The van der Waals surface area contributed by atoms with Crippen LogP contribution in [0.15, 0.2) is 0 Å². The summed E-state index contributed by atoms with van der Waals surface area (Å²) in [6.07, 6.45) is 5.44. The smallest absolute Gasteiger partial charge is 0.237 e. The third-order valence-corrected chi connectivity index (χ3v) is 3.99. The fraction of sp³-hybridized carbons (Fsp3) is 0.933. The van der Waals surface area contributed by atoms with E-state index in [1.165, 1.54) is 12.8 Å². The second-order valence-electron chi connectivity index (χ2n) is 5.90. The highest BCUT2D eigenvalue weighted by Crippen LogP contribution is 2.19. The summed E-state index contributed by atoms with van der Waals surface area (Å²) in [7, 11) is 0. The Labute approximate surface area is 112 Å². The zero-order valence-corrected chi connectivity index (χ0v) is 12.5. The number of hydrogen-bond acceptors (Lipinski definition) is 2. The molecule has 0 aromatic carbocycles. The number of amides is 1. The standard InChI is InChI=1S/C15H30N2O/c1-5-13(6-2)16-15(18)14-8-7-10-17(14)11-9-12(3)4/h12-14H,5-11H2,1-4H3,(H,16,18)/t14-/m0/s1. The maximum Gasteiger partial charge on any atom is 0.237 e. The second-order valence-corrected chi connectivity index (χ2v) is 5.90. The average Bonchev–Trinajstić information content (AvgIpc) is 2.81. The average molecular weight is 254 g/mol. The highest BCUT2D eigenvalue weighted by atomic mass is 16.2. The number of likely N-dealkylation sites (tertiary alicyclic amines) is 1. The Morgan fingerprint density at radius 2 is 2.00 bits per heavy atom. The summed E-state index contributed by atoms with van der Waals surface area (Å²) in [5.74, 6) is 0.971. The Kier molecular flexibility index (Phi) is 6.69. The summed E-state index contributed by atoms with van der Waals surface area (Å²) in [5, 5.41) is 3.20. The van der Waals surface area contributed by atoms with E-state index in [0.29, 0.717) is 12.0 Å². The number of nitrogens with one attached hydrogen (secondary N) is 1. The lowest BCUT2D eigenvalue weighted by Gasteiger charge is -2.26. The topological polar surface area (TPSA) is 32.3 Å². The van der Waals surface area contributed by atoms with Crippen molar-refractivity contribution in [1.82, 2.24) is 10.2 Å². The van der Waals surface area contributed by atoms with Crippen molar-refractivity contribution in [2.24, 2.45) is 5.92 Å². The molecular weight excluding hydrogens is 224 g/mol. The fourth-order valence-corrected chi connectivity index (χ4v) is 2.60. The zero-order valence-electron chi connectivity index (χ0n) is 12.5. The second kappa shape index (κ2) is 7.78. The van der Waals surface area contributed by atoms with Crippen molar-refractivity contribution in [3.05, 3.63) is 0 Å². The summed E-state index contributed by atoms with van der Waals surface area (Å²) in [4.78, 5) is 14.6. The third kappa shape index (κ3) is 4.60. The molecule has 1 heterocycles. The minimum Gasteiger partial charge on any atom is -0.352 e. The van der Waals surface area contributed by atoms with Crippen molar-refractivity contribution in [2.45, 2.75) is 71.9 Å². The highest BCUT2D eigenvalue weighted by Gasteiger charge is 2.30. The van der Waals surface area contributed by atoms with E-state index < -0.39 is 0 Å². The van der Waals surface area contributed by atoms with Crippen LogP contribution in [-0.4, -0.2) is 36.0 Å². The molecule has 3 heteroatoms. The van der Waals surface area contributed by atoms with E-state index in [0.717, 1.165) is 32.4 Å². The van der Waals surface area contributed by atoms with E-state index in [1.54, 1.807) is 0 Å². The van der Waals surface area contributed by atoms with Crippen LogP contribution >= 0.6 is 0 Å². The monoisotopic (exact) mass is 254 g/mol. The molecule has 0 spiro atoms. The SMILES string of the molecule is CCC(CC)NC(=O)[C@@H]1CCCN1CCC(C)C. The molecule has 0 aliphatic carbocycles. The van der Waals surface area contributed by atoms with E-state index >= 15 is 0 Å². The molecule has 18 heavy (non-hydrogen) atoms. The summed E-state index contributed by atoms with van der Waals surface area (Å²) in [6, 6.07) is 0.481. The molecule has 1 rings (SSSR count). The molecule has 1 amide bonds. The third-order valence-electron chi connectivity index (χ3n) is 3.99. The van der Waals surface area contributed by atoms with Crippen molar-refractivity contribution < 1.29 is 4.79 Å². The molecule has 1 aliphatic rings. The molecule has 1 saturated heterocycles. The van der Waals surface area contributed by atoms with E-state index in [-0.39, 0.29) is 11.9 Å². The van der Waals surface area contributed by atoms with Gasteiger partial charge in [0.05, 0.1) is 6.04 Å². The predicted molar refractivity (Wildman–Crippen MR) is 76.6 cm³/mol. The van der Waals surface area contributed by atoms with Gasteiger partial charge in [0.2, 0.25) is 5.91 Å². The number of carbonyl (C=O) groups is 1. The number of nitrogens with zero attached hydrogens (tertiary/aromatic N) is 1. The molecule has 0 radical (unpaired) electrons. The van der Waals surface area contributed by atoms with Crippen LogP contribution in [-0.2, 0) is 4.79 Å². The van der Waals surface area contributed by atoms with Crippen molar-refractivity contribution >= 4 is 5.91 Å². The lowest BCUT2D eigenvalue weighted by atomic mass is 10.1. The first-order valence-corrected chi connectivity index (χ1v) is 7.62. The Bertz CT molecular complexity index is 249. The first kappa shape index (κ1) is 15.5. The molecule has 0 unspecified atom stereocenters. The zero-order chi connectivity index (χ0) is 13.5. The molecular formula is C15H30N2O. The van der Waals surface area contributed by atoms with E-state index in [9.17, 15) is 4.79 Å². The molecule has 0 saturated carbocycles. The van der Waals surface area contributed by atoms with Gasteiger partial charge in [-0.2, -0.15) is 0 Å². The summed E-state index contributed by atoms with van der Waals surface area (Å²) in [5.41, 5.74) is 0. The van der Waals surface area contributed by atoms with Gasteiger partial charge in [-0.3, -0.25) is 9.69 Å². The van der Waals surface area contributed by atoms with Crippen LogP contribution in [0.3, 0.4) is 0 Å². The van der Waals surface area contributed by atoms with Gasteiger partial charge in [-0.15, -0.1) is 0 Å². The van der Waals surface area contributed by atoms with Crippen molar-refractivity contribution in [3.63, 3.8) is 0 Å². The van der Waals surface area contributed by atoms with Crippen LogP contribution in [0.5, 0.6) is 0 Å². The molecule has 0 bridgehead atoms. The Balaban J connectivity index is 2.45. The van der Waals surface area contributed by atoms with Crippen molar-refractivity contribution in [2.75, 3.05) is 13.1 Å². The first-order chi connectivity index (χ1) is 8.58. The van der Waals surface area contributed by atoms with Crippen molar-refractivity contribution in [3.8, 4) is 0 Å². The largest absolute Gasteiger partial charge is 0.352 e. The van der Waals surface area contributed by atoms with E-state index in [2.05, 4.69) is 37.9 Å². The highest BCUT2D eigenvalue weighted by molar-refractivity contribution is 5.82. The van der Waals surface area contributed by atoms with Gasteiger partial charge in [-0.1, -0.05) is 27.7 Å². The van der Waals surface area contributed by atoms with Gasteiger partial charge in [0.1, 0.15) is 0 Å². The Morgan fingerprint density at radius 3 is 2.56 bits per heavy atom. The predicted octanol–water partition coefficient (Wildman–Crippen LogP) is 2.80. The summed E-state index contributed by atoms with van der Waals surface area (Å²) < 4.78 is 0. The van der Waals surface area contributed by atoms with Gasteiger partial charge in [-0.25, -0.2) is 0 Å². The Morgan fingerprint density at radius 1 is 1.33 bits per heavy atom. The minimum absolute atomic E-state index is 0.129. The molecule has 3 nitrogen and oxygen atoms in total. The van der Waals surface area contributed by atoms with Crippen LogP contribution in [0.2, 0.25) is 0 Å². The van der Waals surface area contributed by atoms with Crippen LogP contribution in [0.25, 0.3) is 0 Å². The van der Waals surface area contributed by atoms with Gasteiger partial charge < -0.3 is 5.32 Å². The van der Waals surface area contributed by atoms with Crippen LogP contribution in [0.4, 0.5) is 0 Å². The number of rotatable bonds is 7. The maximum atomic E-state index is 12.3. The van der Waals surface area contributed by atoms with E-state index in [1.807, 2.05) is 0 Å². The van der Waals surface area contributed by atoms with Gasteiger partial charge in [0.15, 0.2) is 0 Å². The van der Waals surface area contributed by atoms with E-state index in [4.69, 9.17) is 0 Å². The van der Waals surface area contributed by atoms with Crippen LogP contribution in [0, 0.1) is 5.92 Å². The maximum absolute atomic E-state index is 12.3. The fourth-order valence-electron chi connectivity index (χ4n) is 2.60. The minimum atomic E-state index is 0.129. The van der Waals surface area contributed by atoms with Gasteiger partial charge in [0.25, 0.3) is 0 Å².